The average Bonchev–Trinajstić information content (AvgIpc) is 3.47. The van der Waals surface area contributed by atoms with Gasteiger partial charge in [0.05, 0.1) is 10.6 Å². The summed E-state index contributed by atoms with van der Waals surface area (Å²) in [6.07, 6.45) is 2.78. The SMILES string of the molecule is O=C(N[C@H]1CCN(c2cc(-c3cccs3)[nH]n2)C1)c1cccc2[nH]ccc12. The molecule has 7 heteroatoms. The molecule has 0 aliphatic carbocycles. The lowest BCUT2D eigenvalue weighted by Crippen LogP contribution is -2.37. The minimum atomic E-state index is -0.0200. The summed E-state index contributed by atoms with van der Waals surface area (Å²) >= 11 is 1.69. The van der Waals surface area contributed by atoms with Crippen LogP contribution < -0.4 is 10.2 Å². The van der Waals surface area contributed by atoms with Crippen LogP contribution >= 0.6 is 11.3 Å². The van der Waals surface area contributed by atoms with E-state index in [1.165, 1.54) is 4.88 Å². The Labute approximate surface area is 160 Å². The van der Waals surface area contributed by atoms with Crippen molar-refractivity contribution in [2.24, 2.45) is 0 Å². The number of aromatic amines is 2. The number of H-pyrrole nitrogens is 2. The largest absolute Gasteiger partial charge is 0.361 e. The van der Waals surface area contributed by atoms with Crippen LogP contribution in [0.2, 0.25) is 0 Å². The Morgan fingerprint density at radius 2 is 2.22 bits per heavy atom. The second-order valence-corrected chi connectivity index (χ2v) is 7.71. The predicted octanol–water partition coefficient (Wildman–Crippen LogP) is 3.63. The molecule has 0 spiro atoms. The van der Waals surface area contributed by atoms with E-state index >= 15 is 0 Å². The number of nitrogens with one attached hydrogen (secondary N) is 3. The number of carbonyl (C=O) groups is 1. The molecule has 1 fully saturated rings. The van der Waals surface area contributed by atoms with Crippen molar-refractivity contribution in [3.63, 3.8) is 0 Å². The van der Waals surface area contributed by atoms with E-state index in [9.17, 15) is 4.79 Å². The van der Waals surface area contributed by atoms with E-state index in [1.54, 1.807) is 11.3 Å². The number of rotatable bonds is 4. The standard InChI is InChI=1S/C20H19N5OS/c26-20(15-3-1-4-16-14(15)6-8-21-16)22-13-7-9-25(12-13)19-11-17(23-24-19)18-5-2-10-27-18/h1-6,8,10-11,13,21H,7,9,12H2,(H,22,26)(H,23,24)/t13-/m0/s1. The molecule has 1 amide bonds. The predicted molar refractivity (Wildman–Crippen MR) is 108 cm³/mol. The number of hydrogen-bond donors (Lipinski definition) is 3. The number of benzene rings is 1. The third-order valence-electron chi connectivity index (χ3n) is 5.04. The summed E-state index contributed by atoms with van der Waals surface area (Å²) in [5.41, 5.74) is 2.73. The molecule has 3 aromatic heterocycles. The van der Waals surface area contributed by atoms with Crippen LogP contribution in [0.15, 0.2) is 54.0 Å². The molecule has 0 bridgehead atoms. The van der Waals surface area contributed by atoms with Crippen LogP contribution in [-0.2, 0) is 0 Å². The molecule has 1 aromatic carbocycles. The molecule has 1 aliphatic heterocycles. The van der Waals surface area contributed by atoms with Crippen molar-refractivity contribution in [3.8, 4) is 10.6 Å². The number of amides is 1. The maximum Gasteiger partial charge on any atom is 0.252 e. The van der Waals surface area contributed by atoms with E-state index in [0.717, 1.165) is 41.9 Å². The zero-order valence-corrected chi connectivity index (χ0v) is 15.4. The molecule has 0 saturated carbocycles. The second-order valence-electron chi connectivity index (χ2n) is 6.77. The summed E-state index contributed by atoms with van der Waals surface area (Å²) in [5, 5.41) is 13.8. The van der Waals surface area contributed by atoms with Crippen molar-refractivity contribution in [1.29, 1.82) is 0 Å². The van der Waals surface area contributed by atoms with Gasteiger partial charge in [-0.25, -0.2) is 0 Å². The number of thiophene rings is 1. The number of fused-ring (bicyclic) bond motifs is 1. The molecule has 5 rings (SSSR count). The van der Waals surface area contributed by atoms with Crippen molar-refractivity contribution in [2.45, 2.75) is 12.5 Å². The maximum absolute atomic E-state index is 12.8. The maximum atomic E-state index is 12.8. The second kappa shape index (κ2) is 6.59. The molecule has 6 nitrogen and oxygen atoms in total. The van der Waals surface area contributed by atoms with Gasteiger partial charge in [-0.1, -0.05) is 12.1 Å². The third-order valence-corrected chi connectivity index (χ3v) is 5.94. The molecular weight excluding hydrogens is 358 g/mol. The number of hydrogen-bond acceptors (Lipinski definition) is 4. The van der Waals surface area contributed by atoms with Crippen molar-refractivity contribution >= 4 is 34.0 Å². The quantitative estimate of drug-likeness (QED) is 0.508. The van der Waals surface area contributed by atoms with Crippen LogP contribution in [0.1, 0.15) is 16.8 Å². The van der Waals surface area contributed by atoms with Crippen LogP contribution in [-0.4, -0.2) is 40.2 Å². The first-order chi connectivity index (χ1) is 13.3. The highest BCUT2D eigenvalue weighted by Gasteiger charge is 2.26. The molecule has 3 N–H and O–H groups in total. The monoisotopic (exact) mass is 377 g/mol. The summed E-state index contributed by atoms with van der Waals surface area (Å²) in [4.78, 5) is 19.3. The van der Waals surface area contributed by atoms with E-state index in [0.29, 0.717) is 5.56 Å². The first-order valence-electron chi connectivity index (χ1n) is 8.99. The van der Waals surface area contributed by atoms with Gasteiger partial charge in [0.15, 0.2) is 5.82 Å². The van der Waals surface area contributed by atoms with Crippen molar-refractivity contribution < 1.29 is 4.79 Å². The van der Waals surface area contributed by atoms with Crippen molar-refractivity contribution in [3.05, 3.63) is 59.6 Å². The summed E-state index contributed by atoms with van der Waals surface area (Å²) in [6.45, 7) is 1.65. The van der Waals surface area contributed by atoms with Gasteiger partial charge in [0.2, 0.25) is 0 Å². The van der Waals surface area contributed by atoms with Crippen LogP contribution in [0, 0.1) is 0 Å². The van der Waals surface area contributed by atoms with Gasteiger partial charge in [-0.2, -0.15) is 5.10 Å². The van der Waals surface area contributed by atoms with Gasteiger partial charge < -0.3 is 15.2 Å². The fraction of sp³-hybridized carbons (Fsp3) is 0.200. The van der Waals surface area contributed by atoms with Crippen molar-refractivity contribution in [1.82, 2.24) is 20.5 Å². The minimum Gasteiger partial charge on any atom is -0.361 e. The fourth-order valence-electron chi connectivity index (χ4n) is 3.66. The molecular formula is C20H19N5OS. The number of anilines is 1. The highest BCUT2D eigenvalue weighted by Crippen LogP contribution is 2.27. The van der Waals surface area contributed by atoms with Gasteiger partial charge in [0.25, 0.3) is 5.91 Å². The van der Waals surface area contributed by atoms with Gasteiger partial charge in [0, 0.05) is 47.9 Å². The Bertz CT molecular complexity index is 1080. The molecule has 136 valence electrons. The Hall–Kier alpha value is -3.06. The first-order valence-corrected chi connectivity index (χ1v) is 9.87. The zero-order chi connectivity index (χ0) is 18.2. The molecule has 0 radical (unpaired) electrons. The Morgan fingerprint density at radius 3 is 3.11 bits per heavy atom. The van der Waals surface area contributed by atoms with Crippen LogP contribution in [0.25, 0.3) is 21.5 Å². The van der Waals surface area contributed by atoms with Gasteiger partial charge >= 0.3 is 0 Å². The lowest BCUT2D eigenvalue weighted by atomic mass is 10.1. The van der Waals surface area contributed by atoms with Crippen LogP contribution in [0.5, 0.6) is 0 Å². The zero-order valence-electron chi connectivity index (χ0n) is 14.6. The summed E-state index contributed by atoms with van der Waals surface area (Å²) in [5.74, 6) is 0.913. The van der Waals surface area contributed by atoms with Gasteiger partial charge in [0.1, 0.15) is 0 Å². The topological polar surface area (TPSA) is 76.8 Å². The van der Waals surface area contributed by atoms with Gasteiger partial charge in [-0.15, -0.1) is 11.3 Å². The van der Waals surface area contributed by atoms with E-state index in [4.69, 9.17) is 0 Å². The van der Waals surface area contributed by atoms with E-state index in [-0.39, 0.29) is 11.9 Å². The van der Waals surface area contributed by atoms with E-state index < -0.39 is 0 Å². The highest BCUT2D eigenvalue weighted by molar-refractivity contribution is 7.13. The molecule has 1 aliphatic rings. The lowest BCUT2D eigenvalue weighted by molar-refractivity contribution is 0.0942. The minimum absolute atomic E-state index is 0.0200. The van der Waals surface area contributed by atoms with Crippen LogP contribution in [0.4, 0.5) is 5.82 Å². The number of nitrogens with zero attached hydrogens (tertiary/aromatic N) is 2. The first kappa shape index (κ1) is 16.1. The normalized spacial score (nSPS) is 16.9. The highest BCUT2D eigenvalue weighted by atomic mass is 32.1. The van der Waals surface area contributed by atoms with Gasteiger partial charge in [-0.3, -0.25) is 9.89 Å². The van der Waals surface area contributed by atoms with E-state index in [2.05, 4.69) is 42.9 Å². The van der Waals surface area contributed by atoms with Crippen molar-refractivity contribution in [2.75, 3.05) is 18.0 Å². The molecule has 4 heterocycles. The molecule has 1 atom stereocenters. The molecule has 4 aromatic rings. The third kappa shape index (κ3) is 3.00. The number of carbonyl (C=O) groups excluding carboxylic acids is 1. The van der Waals surface area contributed by atoms with E-state index in [1.807, 2.05) is 36.5 Å². The Kier molecular flexibility index (Phi) is 3.94. The average molecular weight is 377 g/mol. The molecule has 0 unspecified atom stereocenters. The number of aromatic nitrogens is 3. The van der Waals surface area contributed by atoms with Crippen LogP contribution in [0.3, 0.4) is 0 Å². The summed E-state index contributed by atoms with van der Waals surface area (Å²) in [7, 11) is 0. The summed E-state index contributed by atoms with van der Waals surface area (Å²) in [6, 6.07) is 14.0. The Morgan fingerprint density at radius 1 is 1.26 bits per heavy atom. The molecule has 27 heavy (non-hydrogen) atoms. The molecule has 1 saturated heterocycles. The lowest BCUT2D eigenvalue weighted by Gasteiger charge is -2.16. The van der Waals surface area contributed by atoms with Gasteiger partial charge in [-0.05, 0) is 36.1 Å². The summed E-state index contributed by atoms with van der Waals surface area (Å²) < 4.78 is 0. The Balaban J connectivity index is 1.27. The fourth-order valence-corrected chi connectivity index (χ4v) is 4.36. The smallest absolute Gasteiger partial charge is 0.252 e.